The molecule has 0 amide bonds. The Kier molecular flexibility index (Phi) is 5.32. The van der Waals surface area contributed by atoms with Gasteiger partial charge in [0.1, 0.15) is 0 Å². The third-order valence-electron chi connectivity index (χ3n) is 4.87. The largest absolute Gasteiger partial charge is 0.390 e. The molecule has 128 valence electrons. The molecule has 3 nitrogen and oxygen atoms in total. The predicted molar refractivity (Wildman–Crippen MR) is 97.7 cm³/mol. The van der Waals surface area contributed by atoms with Crippen LogP contribution in [0.5, 0.6) is 0 Å². The summed E-state index contributed by atoms with van der Waals surface area (Å²) in [5.41, 5.74) is 3.39. The van der Waals surface area contributed by atoms with Crippen LogP contribution in [0.15, 0.2) is 48.8 Å². The monoisotopic (exact) mass is 324 g/mol. The summed E-state index contributed by atoms with van der Waals surface area (Å²) in [4.78, 5) is 6.83. The van der Waals surface area contributed by atoms with Gasteiger partial charge in [-0.15, -0.1) is 0 Å². The molecule has 2 aromatic rings. The van der Waals surface area contributed by atoms with Gasteiger partial charge in [-0.1, -0.05) is 30.3 Å². The van der Waals surface area contributed by atoms with E-state index >= 15 is 0 Å². The second-order valence-corrected chi connectivity index (χ2v) is 7.54. The summed E-state index contributed by atoms with van der Waals surface area (Å²) in [7, 11) is 0. The van der Waals surface area contributed by atoms with Gasteiger partial charge in [-0.2, -0.15) is 0 Å². The first-order valence-corrected chi connectivity index (χ1v) is 8.95. The maximum absolute atomic E-state index is 9.85. The molecule has 2 heterocycles. The lowest BCUT2D eigenvalue weighted by atomic mass is 9.98. The average molecular weight is 324 g/mol. The first kappa shape index (κ1) is 17.1. The predicted octanol–water partition coefficient (Wildman–Crippen LogP) is 4.12. The highest BCUT2D eigenvalue weighted by atomic mass is 16.3. The first-order chi connectivity index (χ1) is 11.5. The van der Waals surface area contributed by atoms with Crippen molar-refractivity contribution in [2.45, 2.75) is 57.7 Å². The van der Waals surface area contributed by atoms with Crippen LogP contribution in [0.4, 0.5) is 0 Å². The number of aryl methyl sites for hydroxylation is 1. The summed E-state index contributed by atoms with van der Waals surface area (Å²) >= 11 is 0. The Labute approximate surface area is 145 Å². The lowest BCUT2D eigenvalue weighted by Crippen LogP contribution is -2.22. The zero-order chi connectivity index (χ0) is 17.0. The molecule has 1 aromatic heterocycles. The molecule has 1 aliphatic rings. The Morgan fingerprint density at radius 1 is 1.17 bits per heavy atom. The number of benzene rings is 1. The smallest absolute Gasteiger partial charge is 0.0594 e. The molecule has 0 radical (unpaired) electrons. The fraction of sp³-hybridized carbons (Fsp3) is 0.476. The van der Waals surface area contributed by atoms with Crippen LogP contribution < -0.4 is 0 Å². The van der Waals surface area contributed by atoms with Gasteiger partial charge >= 0.3 is 0 Å². The first-order valence-electron chi connectivity index (χ1n) is 8.95. The van der Waals surface area contributed by atoms with E-state index in [9.17, 15) is 5.11 Å². The van der Waals surface area contributed by atoms with E-state index in [1.165, 1.54) is 29.5 Å². The normalized spacial score (nSPS) is 18.9. The van der Waals surface area contributed by atoms with Gasteiger partial charge in [0.15, 0.2) is 0 Å². The van der Waals surface area contributed by atoms with E-state index in [1.54, 1.807) is 0 Å². The van der Waals surface area contributed by atoms with E-state index in [1.807, 2.05) is 32.3 Å². The number of pyridine rings is 1. The maximum Gasteiger partial charge on any atom is 0.0594 e. The Balaban J connectivity index is 1.61. The molecule has 0 spiro atoms. The van der Waals surface area contributed by atoms with Gasteiger partial charge in [-0.25, -0.2) is 0 Å². The second kappa shape index (κ2) is 7.45. The van der Waals surface area contributed by atoms with Crippen LogP contribution in [0.2, 0.25) is 0 Å². The van der Waals surface area contributed by atoms with Crippen LogP contribution in [0.25, 0.3) is 0 Å². The minimum absolute atomic E-state index is 0.494. The van der Waals surface area contributed by atoms with Crippen LogP contribution >= 0.6 is 0 Å². The number of aliphatic hydroxyl groups is 1. The SMILES string of the molecule is CC(C)(O)CCc1ccc(CN2CCC[C@H]2c2cccnc2)cc1. The molecule has 3 heteroatoms. The molecule has 0 saturated carbocycles. The van der Waals surface area contributed by atoms with Crippen molar-refractivity contribution in [3.05, 3.63) is 65.5 Å². The van der Waals surface area contributed by atoms with Crippen LogP contribution in [-0.4, -0.2) is 27.1 Å². The van der Waals surface area contributed by atoms with Crippen LogP contribution in [0, 0.1) is 0 Å². The van der Waals surface area contributed by atoms with E-state index in [-0.39, 0.29) is 0 Å². The molecule has 1 N–H and O–H groups in total. The summed E-state index contributed by atoms with van der Waals surface area (Å²) in [5, 5.41) is 9.85. The van der Waals surface area contributed by atoms with Crippen molar-refractivity contribution in [1.82, 2.24) is 9.88 Å². The third kappa shape index (κ3) is 4.65. The molecule has 3 rings (SSSR count). The quantitative estimate of drug-likeness (QED) is 0.868. The lowest BCUT2D eigenvalue weighted by Gasteiger charge is -2.24. The van der Waals surface area contributed by atoms with E-state index < -0.39 is 5.60 Å². The standard InChI is InChI=1S/C21H28N2O/c1-21(2,24)12-11-17-7-9-18(10-8-17)16-23-14-4-6-20(23)19-5-3-13-22-15-19/h3,5,7-10,13,15,20,24H,4,6,11-12,14,16H2,1-2H3/t20-/m0/s1. The Bertz CT molecular complexity index is 631. The molecule has 24 heavy (non-hydrogen) atoms. The van der Waals surface area contributed by atoms with Gasteiger partial charge < -0.3 is 5.11 Å². The zero-order valence-electron chi connectivity index (χ0n) is 14.8. The van der Waals surface area contributed by atoms with Gasteiger partial charge in [-0.05, 0) is 68.8 Å². The molecule has 0 aliphatic carbocycles. The van der Waals surface area contributed by atoms with Crippen molar-refractivity contribution in [1.29, 1.82) is 0 Å². The summed E-state index contributed by atoms with van der Waals surface area (Å²) < 4.78 is 0. The summed E-state index contributed by atoms with van der Waals surface area (Å²) in [5.74, 6) is 0. The Hall–Kier alpha value is -1.71. The number of aromatic nitrogens is 1. The van der Waals surface area contributed by atoms with Crippen molar-refractivity contribution < 1.29 is 5.11 Å². The average Bonchev–Trinajstić information content (AvgIpc) is 3.02. The number of hydrogen-bond donors (Lipinski definition) is 1. The van der Waals surface area contributed by atoms with Gasteiger partial charge in [0.2, 0.25) is 0 Å². The van der Waals surface area contributed by atoms with Gasteiger partial charge in [0.05, 0.1) is 5.60 Å². The van der Waals surface area contributed by atoms with Gasteiger partial charge in [-0.3, -0.25) is 9.88 Å². The highest BCUT2D eigenvalue weighted by Gasteiger charge is 2.25. The van der Waals surface area contributed by atoms with E-state index in [4.69, 9.17) is 0 Å². The van der Waals surface area contributed by atoms with Crippen molar-refractivity contribution in [2.24, 2.45) is 0 Å². The molecule has 0 unspecified atom stereocenters. The van der Waals surface area contributed by atoms with Crippen LogP contribution in [0.3, 0.4) is 0 Å². The summed E-state index contributed by atoms with van der Waals surface area (Å²) in [6.07, 6.45) is 8.03. The van der Waals surface area contributed by atoms with Gasteiger partial charge in [0.25, 0.3) is 0 Å². The van der Waals surface area contributed by atoms with E-state index in [0.29, 0.717) is 6.04 Å². The topological polar surface area (TPSA) is 36.4 Å². The number of hydrogen-bond acceptors (Lipinski definition) is 3. The van der Waals surface area contributed by atoms with Crippen molar-refractivity contribution >= 4 is 0 Å². The minimum atomic E-state index is -0.592. The Morgan fingerprint density at radius 2 is 1.92 bits per heavy atom. The fourth-order valence-electron chi connectivity index (χ4n) is 3.46. The minimum Gasteiger partial charge on any atom is -0.390 e. The highest BCUT2D eigenvalue weighted by molar-refractivity contribution is 5.24. The zero-order valence-corrected chi connectivity index (χ0v) is 14.8. The number of rotatable bonds is 6. The van der Waals surface area contributed by atoms with Crippen LogP contribution in [0.1, 0.15) is 55.8 Å². The highest BCUT2D eigenvalue weighted by Crippen LogP contribution is 2.32. The second-order valence-electron chi connectivity index (χ2n) is 7.54. The fourth-order valence-corrected chi connectivity index (χ4v) is 3.46. The molecule has 1 atom stereocenters. The summed E-state index contributed by atoms with van der Waals surface area (Å²) in [6, 6.07) is 13.6. The molecule has 1 saturated heterocycles. The van der Waals surface area contributed by atoms with E-state index in [0.717, 1.165) is 25.9 Å². The molecule has 0 bridgehead atoms. The van der Waals surface area contributed by atoms with Gasteiger partial charge in [0, 0.05) is 25.0 Å². The van der Waals surface area contributed by atoms with Crippen molar-refractivity contribution in [2.75, 3.05) is 6.54 Å². The summed E-state index contributed by atoms with van der Waals surface area (Å²) in [6.45, 7) is 5.88. The number of likely N-dealkylation sites (tertiary alicyclic amines) is 1. The molecular formula is C21H28N2O. The maximum atomic E-state index is 9.85. The van der Waals surface area contributed by atoms with Crippen LogP contribution in [-0.2, 0) is 13.0 Å². The molecule has 1 aliphatic heterocycles. The molecular weight excluding hydrogens is 296 g/mol. The lowest BCUT2D eigenvalue weighted by molar-refractivity contribution is 0.0714. The third-order valence-corrected chi connectivity index (χ3v) is 4.87. The van der Waals surface area contributed by atoms with Crippen molar-refractivity contribution in [3.63, 3.8) is 0 Å². The number of nitrogens with zero attached hydrogens (tertiary/aromatic N) is 2. The molecule has 1 aromatic carbocycles. The Morgan fingerprint density at radius 3 is 2.58 bits per heavy atom. The molecule has 1 fully saturated rings. The van der Waals surface area contributed by atoms with E-state index in [2.05, 4.69) is 40.2 Å². The van der Waals surface area contributed by atoms with Crippen molar-refractivity contribution in [3.8, 4) is 0 Å².